The van der Waals surface area contributed by atoms with Crippen LogP contribution in [-0.4, -0.2) is 46.4 Å². The molecule has 8 nitrogen and oxygen atoms in total. The Morgan fingerprint density at radius 2 is 2.03 bits per heavy atom. The van der Waals surface area contributed by atoms with E-state index in [0.29, 0.717) is 11.4 Å². The number of amides is 1. The number of methoxy groups -OCH3 is 1. The molecule has 1 fully saturated rings. The molecule has 37 heavy (non-hydrogen) atoms. The normalized spacial score (nSPS) is 14.5. The van der Waals surface area contributed by atoms with Crippen molar-refractivity contribution in [2.45, 2.75) is 45.6 Å². The molecule has 0 spiro atoms. The predicted octanol–water partition coefficient (Wildman–Crippen LogP) is 5.11. The van der Waals surface area contributed by atoms with Gasteiger partial charge in [-0.05, 0) is 30.7 Å². The first kappa shape index (κ1) is 28.2. The van der Waals surface area contributed by atoms with Crippen LogP contribution in [0.2, 0.25) is 0 Å². The predicted molar refractivity (Wildman–Crippen MR) is 140 cm³/mol. The van der Waals surface area contributed by atoms with Crippen LogP contribution in [0.15, 0.2) is 48.7 Å². The number of esters is 1. The van der Waals surface area contributed by atoms with E-state index in [2.05, 4.69) is 36.4 Å². The van der Waals surface area contributed by atoms with E-state index in [1.165, 1.54) is 18.3 Å². The number of aryl methyl sites for hydroxylation is 1. The number of carbonyl (C=O) groups is 2. The molecule has 1 aromatic heterocycles. The van der Waals surface area contributed by atoms with Crippen molar-refractivity contribution < 1.29 is 34.0 Å². The molecule has 1 saturated heterocycles. The SMILES string of the molecule is CC(C)c1ccc(N[CH]=[Co])cc1F.COC(=O)c1ccc(-n2ccc(NC(=O)[C@H]3CCC[N-]3)n2)cc1C. The van der Waals surface area contributed by atoms with Crippen LogP contribution >= 0.6 is 0 Å². The number of rotatable bonds is 7. The second-order valence-electron chi connectivity index (χ2n) is 8.82. The van der Waals surface area contributed by atoms with Crippen LogP contribution in [0.5, 0.6) is 0 Å². The molecule has 0 bridgehead atoms. The van der Waals surface area contributed by atoms with Crippen LogP contribution < -0.4 is 10.6 Å². The first-order chi connectivity index (χ1) is 17.7. The summed E-state index contributed by atoms with van der Waals surface area (Å²) in [6.45, 7) is 6.52. The third-order valence-corrected chi connectivity index (χ3v) is 6.00. The number of hydrogen-bond donors (Lipinski definition) is 2. The summed E-state index contributed by atoms with van der Waals surface area (Å²) in [5, 5.41) is 15.7. The van der Waals surface area contributed by atoms with Gasteiger partial charge in [-0.15, -0.1) is 6.54 Å². The second kappa shape index (κ2) is 13.3. The number of aromatic nitrogens is 2. The zero-order valence-electron chi connectivity index (χ0n) is 21.2. The van der Waals surface area contributed by atoms with Gasteiger partial charge in [0.15, 0.2) is 5.82 Å². The summed E-state index contributed by atoms with van der Waals surface area (Å²) in [7, 11) is 1.36. The molecular weight excluding hydrogens is 520 g/mol. The average Bonchev–Trinajstić information content (AvgIpc) is 3.57. The average molecular weight is 552 g/mol. The van der Waals surface area contributed by atoms with Gasteiger partial charge in [-0.1, -0.05) is 18.9 Å². The summed E-state index contributed by atoms with van der Waals surface area (Å²) >= 11 is 3.92. The first-order valence-corrected chi connectivity index (χ1v) is 12.5. The number of benzene rings is 2. The fourth-order valence-electron chi connectivity index (χ4n) is 3.85. The Balaban J connectivity index is 0.000000248. The molecule has 2 heterocycles. The zero-order chi connectivity index (χ0) is 26.9. The van der Waals surface area contributed by atoms with Gasteiger partial charge in [0, 0.05) is 12.3 Å². The van der Waals surface area contributed by atoms with Crippen molar-refractivity contribution in [3.63, 3.8) is 0 Å². The van der Waals surface area contributed by atoms with Gasteiger partial charge in [0.2, 0.25) is 5.91 Å². The number of hydrogen-bond acceptors (Lipinski definition) is 5. The quantitative estimate of drug-likeness (QED) is 0.398. The van der Waals surface area contributed by atoms with E-state index < -0.39 is 0 Å². The van der Waals surface area contributed by atoms with E-state index in [1.807, 2.05) is 32.9 Å². The number of ether oxygens (including phenoxy) is 1. The summed E-state index contributed by atoms with van der Waals surface area (Å²) in [6, 6.07) is 11.9. The molecule has 4 rings (SSSR count). The van der Waals surface area contributed by atoms with Gasteiger partial charge in [-0.3, -0.25) is 4.79 Å². The van der Waals surface area contributed by atoms with E-state index >= 15 is 0 Å². The summed E-state index contributed by atoms with van der Waals surface area (Å²) in [5.41, 5.74) is 3.57. The molecule has 0 unspecified atom stereocenters. The zero-order valence-corrected chi connectivity index (χ0v) is 22.3. The Labute approximate surface area is 224 Å². The van der Waals surface area contributed by atoms with Crippen molar-refractivity contribution >= 4 is 28.5 Å². The smallest absolute Gasteiger partial charge is 0.338 e. The first-order valence-electron chi connectivity index (χ1n) is 11.9. The van der Waals surface area contributed by atoms with E-state index in [0.717, 1.165) is 41.9 Å². The summed E-state index contributed by atoms with van der Waals surface area (Å²) in [6.07, 6.45) is 3.51. The Hall–Kier alpha value is -3.34. The van der Waals surface area contributed by atoms with Crippen molar-refractivity contribution in [2.24, 2.45) is 0 Å². The van der Waals surface area contributed by atoms with Gasteiger partial charge < -0.3 is 15.4 Å². The van der Waals surface area contributed by atoms with Gasteiger partial charge >= 0.3 is 91.1 Å². The monoisotopic (exact) mass is 551 g/mol. The molecule has 199 valence electrons. The van der Waals surface area contributed by atoms with Gasteiger partial charge in [0.1, 0.15) is 0 Å². The third kappa shape index (κ3) is 7.57. The number of carbonyl (C=O) groups excluding carboxylic acids is 2. The Morgan fingerprint density at radius 1 is 1.24 bits per heavy atom. The van der Waals surface area contributed by atoms with Crippen molar-refractivity contribution in [1.29, 1.82) is 0 Å². The fourth-order valence-corrected chi connectivity index (χ4v) is 4.02. The molecule has 0 aliphatic carbocycles. The Kier molecular flexibility index (Phi) is 10.1. The maximum atomic E-state index is 13.3. The van der Waals surface area contributed by atoms with Crippen molar-refractivity contribution in [2.75, 3.05) is 24.3 Å². The molecule has 10 heteroatoms. The minimum Gasteiger partial charge on any atom is -0.652 e. The third-order valence-electron chi connectivity index (χ3n) is 5.85. The largest absolute Gasteiger partial charge is 0.652 e. The van der Waals surface area contributed by atoms with Crippen LogP contribution in [0.3, 0.4) is 0 Å². The van der Waals surface area contributed by atoms with E-state index in [4.69, 9.17) is 4.74 Å². The summed E-state index contributed by atoms with van der Waals surface area (Å²) < 4.78 is 19.7. The van der Waals surface area contributed by atoms with Crippen LogP contribution in [0.4, 0.5) is 15.9 Å². The molecule has 1 atom stereocenters. The number of nitrogens with one attached hydrogen (secondary N) is 2. The van der Waals surface area contributed by atoms with Crippen LogP contribution in [-0.2, 0) is 24.8 Å². The topological polar surface area (TPSA) is 99.4 Å². The molecule has 1 amide bonds. The fraction of sp³-hybridized carbons (Fsp3) is 0.333. The minimum atomic E-state index is -0.368. The van der Waals surface area contributed by atoms with Crippen molar-refractivity contribution in [3.8, 4) is 5.69 Å². The number of anilines is 2. The molecule has 1 aliphatic rings. The van der Waals surface area contributed by atoms with Crippen molar-refractivity contribution in [1.82, 2.24) is 9.78 Å². The summed E-state index contributed by atoms with van der Waals surface area (Å²) in [5.74, 6) is 0.0439. The molecule has 0 saturated carbocycles. The van der Waals surface area contributed by atoms with Crippen LogP contribution in [0.1, 0.15) is 54.1 Å². The maximum absolute atomic E-state index is 13.3. The minimum absolute atomic E-state index is 0.116. The molecular formula is C27H31CoFN5O3-. The molecule has 1 aliphatic heterocycles. The van der Waals surface area contributed by atoms with Gasteiger partial charge in [0.25, 0.3) is 0 Å². The maximum Gasteiger partial charge on any atom is 0.338 e. The van der Waals surface area contributed by atoms with Gasteiger partial charge in [-0.2, -0.15) is 5.10 Å². The molecule has 0 radical (unpaired) electrons. The van der Waals surface area contributed by atoms with Gasteiger partial charge in [-0.25, -0.2) is 9.48 Å². The number of halogens is 1. The van der Waals surface area contributed by atoms with E-state index in [9.17, 15) is 14.0 Å². The van der Waals surface area contributed by atoms with E-state index in [-0.39, 0.29) is 29.7 Å². The van der Waals surface area contributed by atoms with Gasteiger partial charge in [0.05, 0.1) is 18.4 Å². The molecule has 3 aromatic rings. The van der Waals surface area contributed by atoms with Crippen LogP contribution in [0, 0.1) is 12.7 Å². The Morgan fingerprint density at radius 3 is 2.62 bits per heavy atom. The Bertz CT molecular complexity index is 1250. The van der Waals surface area contributed by atoms with E-state index in [1.54, 1.807) is 35.1 Å². The standard InChI is InChI=1S/C17H19N4O3.C10H12FN.Co/c1-11-10-12(5-6-13(11)17(23)24-2)21-9-7-15(20-21)19-16(22)14-4-3-8-18-14;1-7(2)9-5-4-8(12-3)6-10(9)11;/h5-7,9-10,14H,3-4,8H2,1-2H3,(H,19,20,22);3-7,12H,1-2H3;/q-1;;/t14-;;/m1../s1. The van der Waals surface area contributed by atoms with Crippen LogP contribution in [0.25, 0.3) is 11.0 Å². The second-order valence-corrected chi connectivity index (χ2v) is 9.12. The molecule has 2 aromatic carbocycles. The number of nitrogens with zero attached hydrogens (tertiary/aromatic N) is 3. The van der Waals surface area contributed by atoms with Crippen molar-refractivity contribution in [3.05, 3.63) is 76.5 Å². The summed E-state index contributed by atoms with van der Waals surface area (Å²) in [4.78, 5) is 23.7. The molecule has 2 N–H and O–H groups in total.